The van der Waals surface area contributed by atoms with Gasteiger partial charge in [-0.3, -0.25) is 9.48 Å². The summed E-state index contributed by atoms with van der Waals surface area (Å²) in [6, 6.07) is 0.0387. The SMILES string of the molecule is CCC(CC)C(O)C(=O)c1c(OC)cnn1C(C)C. The molecule has 1 N–H and O–H groups in total. The second-order valence-electron chi connectivity index (χ2n) is 4.99. The number of hydrogen-bond donors (Lipinski definition) is 1. The molecule has 1 atom stereocenters. The maximum atomic E-state index is 12.5. The number of nitrogens with zero attached hydrogens (tertiary/aromatic N) is 2. The molecule has 0 aliphatic rings. The molecule has 108 valence electrons. The fraction of sp³-hybridized carbons (Fsp3) is 0.714. The van der Waals surface area contributed by atoms with E-state index in [1.54, 1.807) is 4.68 Å². The van der Waals surface area contributed by atoms with Crippen LogP contribution in [-0.2, 0) is 0 Å². The molecular formula is C14H24N2O3. The lowest BCUT2D eigenvalue weighted by molar-refractivity contribution is 0.0572. The number of aromatic nitrogens is 2. The summed E-state index contributed by atoms with van der Waals surface area (Å²) < 4.78 is 6.78. The highest BCUT2D eigenvalue weighted by molar-refractivity contribution is 6.00. The first-order valence-corrected chi connectivity index (χ1v) is 6.81. The standard InChI is InChI=1S/C14H24N2O3/c1-6-10(7-2)13(17)14(18)12-11(19-5)8-15-16(12)9(3)4/h8-10,13,17H,6-7H2,1-5H3. The Morgan fingerprint density at radius 1 is 1.42 bits per heavy atom. The first-order valence-electron chi connectivity index (χ1n) is 6.81. The first-order chi connectivity index (χ1) is 8.97. The lowest BCUT2D eigenvalue weighted by atomic mass is 9.92. The van der Waals surface area contributed by atoms with Crippen molar-refractivity contribution in [2.24, 2.45) is 5.92 Å². The number of ketones is 1. The Balaban J connectivity index is 3.13. The summed E-state index contributed by atoms with van der Waals surface area (Å²) in [5.41, 5.74) is 0.358. The third-order valence-corrected chi connectivity index (χ3v) is 3.47. The van der Waals surface area contributed by atoms with Crippen molar-refractivity contribution in [3.05, 3.63) is 11.9 Å². The quantitative estimate of drug-likeness (QED) is 0.771. The molecule has 19 heavy (non-hydrogen) atoms. The van der Waals surface area contributed by atoms with Gasteiger partial charge in [0.25, 0.3) is 0 Å². The fourth-order valence-electron chi connectivity index (χ4n) is 2.21. The maximum absolute atomic E-state index is 12.5. The van der Waals surface area contributed by atoms with Crippen molar-refractivity contribution in [1.82, 2.24) is 9.78 Å². The largest absolute Gasteiger partial charge is 0.493 e. The van der Waals surface area contributed by atoms with Crippen LogP contribution in [0.2, 0.25) is 0 Å². The van der Waals surface area contributed by atoms with Crippen molar-refractivity contribution in [3.8, 4) is 5.75 Å². The van der Waals surface area contributed by atoms with Gasteiger partial charge in [-0.2, -0.15) is 5.10 Å². The Hall–Kier alpha value is -1.36. The predicted octanol–water partition coefficient (Wildman–Crippen LogP) is 2.45. The molecule has 1 aromatic rings. The highest BCUT2D eigenvalue weighted by atomic mass is 16.5. The molecule has 0 amide bonds. The maximum Gasteiger partial charge on any atom is 0.213 e. The number of Topliss-reactive ketones (excluding diaryl/α,β-unsaturated/α-hetero) is 1. The molecule has 0 aromatic carbocycles. The molecule has 5 nitrogen and oxygen atoms in total. The van der Waals surface area contributed by atoms with E-state index in [0.29, 0.717) is 11.4 Å². The molecule has 0 saturated carbocycles. The first kappa shape index (κ1) is 15.7. The van der Waals surface area contributed by atoms with Crippen molar-refractivity contribution in [2.45, 2.75) is 52.7 Å². The average Bonchev–Trinajstić information content (AvgIpc) is 2.82. The van der Waals surface area contributed by atoms with Gasteiger partial charge < -0.3 is 9.84 Å². The molecule has 0 radical (unpaired) electrons. The van der Waals surface area contributed by atoms with Gasteiger partial charge >= 0.3 is 0 Å². The van der Waals surface area contributed by atoms with Crippen molar-refractivity contribution in [1.29, 1.82) is 0 Å². The van der Waals surface area contributed by atoms with Gasteiger partial charge in [0.15, 0.2) is 5.75 Å². The summed E-state index contributed by atoms with van der Waals surface area (Å²) in [5.74, 6) is 0.0770. The topological polar surface area (TPSA) is 64.3 Å². The average molecular weight is 268 g/mol. The molecule has 1 aromatic heterocycles. The van der Waals surface area contributed by atoms with E-state index >= 15 is 0 Å². The molecule has 0 aliphatic heterocycles. The van der Waals surface area contributed by atoms with Gasteiger partial charge in [0.05, 0.1) is 13.3 Å². The van der Waals surface area contributed by atoms with Gasteiger partial charge in [-0.25, -0.2) is 0 Å². The lowest BCUT2D eigenvalue weighted by Gasteiger charge is -2.20. The van der Waals surface area contributed by atoms with Crippen LogP contribution in [0.3, 0.4) is 0 Å². The Bertz CT molecular complexity index is 422. The smallest absolute Gasteiger partial charge is 0.213 e. The number of methoxy groups -OCH3 is 1. The number of carbonyl (C=O) groups is 1. The molecule has 0 aliphatic carbocycles. The van der Waals surface area contributed by atoms with E-state index in [2.05, 4.69) is 5.10 Å². The van der Waals surface area contributed by atoms with Crippen LogP contribution in [0.4, 0.5) is 0 Å². The molecular weight excluding hydrogens is 244 g/mol. The lowest BCUT2D eigenvalue weighted by Crippen LogP contribution is -2.31. The van der Waals surface area contributed by atoms with Gasteiger partial charge in [0.2, 0.25) is 5.78 Å². The number of aliphatic hydroxyl groups excluding tert-OH is 1. The third-order valence-electron chi connectivity index (χ3n) is 3.47. The van der Waals surface area contributed by atoms with Crippen LogP contribution in [0, 0.1) is 5.92 Å². The van der Waals surface area contributed by atoms with Gasteiger partial charge in [-0.15, -0.1) is 0 Å². The summed E-state index contributed by atoms with van der Waals surface area (Å²) in [7, 11) is 1.50. The molecule has 0 spiro atoms. The molecule has 0 saturated heterocycles. The number of hydrogen-bond acceptors (Lipinski definition) is 4. The Labute approximate surface area is 114 Å². The molecule has 1 heterocycles. The number of aliphatic hydroxyl groups is 1. The van der Waals surface area contributed by atoms with Crippen molar-refractivity contribution in [2.75, 3.05) is 7.11 Å². The third kappa shape index (κ3) is 3.15. The van der Waals surface area contributed by atoms with E-state index in [0.717, 1.165) is 12.8 Å². The zero-order valence-corrected chi connectivity index (χ0v) is 12.4. The summed E-state index contributed by atoms with van der Waals surface area (Å²) in [6.45, 7) is 7.82. The van der Waals surface area contributed by atoms with Crippen molar-refractivity contribution >= 4 is 5.78 Å². The van der Waals surface area contributed by atoms with Gasteiger partial charge in [0, 0.05) is 6.04 Å². The van der Waals surface area contributed by atoms with Crippen LogP contribution in [0.5, 0.6) is 5.75 Å². The van der Waals surface area contributed by atoms with E-state index < -0.39 is 6.10 Å². The van der Waals surface area contributed by atoms with Gasteiger partial charge in [-0.05, 0) is 19.8 Å². The molecule has 0 bridgehead atoms. The van der Waals surface area contributed by atoms with E-state index in [1.807, 2.05) is 27.7 Å². The monoisotopic (exact) mass is 268 g/mol. The molecule has 5 heteroatoms. The predicted molar refractivity (Wildman–Crippen MR) is 73.6 cm³/mol. The normalized spacial score (nSPS) is 13.1. The van der Waals surface area contributed by atoms with E-state index in [9.17, 15) is 9.90 Å². The van der Waals surface area contributed by atoms with Crippen molar-refractivity contribution in [3.63, 3.8) is 0 Å². The Morgan fingerprint density at radius 2 is 2.00 bits per heavy atom. The van der Waals surface area contributed by atoms with Crippen LogP contribution in [0.15, 0.2) is 6.20 Å². The highest BCUT2D eigenvalue weighted by Crippen LogP contribution is 2.25. The summed E-state index contributed by atoms with van der Waals surface area (Å²) in [6.07, 6.45) is 2.05. The number of carbonyl (C=O) groups excluding carboxylic acids is 1. The van der Waals surface area contributed by atoms with Crippen LogP contribution in [-0.4, -0.2) is 33.9 Å². The van der Waals surface area contributed by atoms with Crippen LogP contribution >= 0.6 is 0 Å². The van der Waals surface area contributed by atoms with Crippen LogP contribution < -0.4 is 4.74 Å². The Kier molecular flexibility index (Phi) is 5.54. The molecule has 0 fully saturated rings. The minimum Gasteiger partial charge on any atom is -0.493 e. The zero-order chi connectivity index (χ0) is 14.6. The van der Waals surface area contributed by atoms with Crippen LogP contribution in [0.1, 0.15) is 57.1 Å². The van der Waals surface area contributed by atoms with Crippen molar-refractivity contribution < 1.29 is 14.6 Å². The van der Waals surface area contributed by atoms with E-state index in [-0.39, 0.29) is 17.7 Å². The van der Waals surface area contributed by atoms with Gasteiger partial charge in [-0.1, -0.05) is 26.7 Å². The number of ether oxygens (including phenoxy) is 1. The second kappa shape index (κ2) is 6.70. The van der Waals surface area contributed by atoms with Crippen LogP contribution in [0.25, 0.3) is 0 Å². The molecule has 1 unspecified atom stereocenters. The minimum absolute atomic E-state index is 0.0345. The zero-order valence-electron chi connectivity index (χ0n) is 12.4. The fourth-order valence-corrected chi connectivity index (χ4v) is 2.21. The van der Waals surface area contributed by atoms with E-state index in [1.165, 1.54) is 13.3 Å². The highest BCUT2D eigenvalue weighted by Gasteiger charge is 2.30. The molecule has 1 rings (SSSR count). The minimum atomic E-state index is -1.00. The summed E-state index contributed by atoms with van der Waals surface area (Å²) in [5, 5.41) is 14.4. The summed E-state index contributed by atoms with van der Waals surface area (Å²) in [4.78, 5) is 12.5. The van der Waals surface area contributed by atoms with E-state index in [4.69, 9.17) is 4.74 Å². The Morgan fingerprint density at radius 3 is 2.42 bits per heavy atom. The second-order valence-corrected chi connectivity index (χ2v) is 4.99. The summed E-state index contributed by atoms with van der Waals surface area (Å²) >= 11 is 0. The van der Waals surface area contributed by atoms with Gasteiger partial charge in [0.1, 0.15) is 11.8 Å². The number of rotatable bonds is 7.